The lowest BCUT2D eigenvalue weighted by Crippen LogP contribution is -2.52. The molecule has 1 fully saturated rings. The highest BCUT2D eigenvalue weighted by atomic mass is 35.5. The van der Waals surface area contributed by atoms with Gasteiger partial charge in [0.05, 0.1) is 0 Å². The van der Waals surface area contributed by atoms with Gasteiger partial charge in [-0.15, -0.1) is 0 Å². The van der Waals surface area contributed by atoms with Crippen molar-refractivity contribution >= 4 is 17.5 Å². The van der Waals surface area contributed by atoms with Gasteiger partial charge in [-0.05, 0) is 30.4 Å². The lowest BCUT2D eigenvalue weighted by Gasteiger charge is -2.39. The number of amides is 1. The number of carbonyl (C=O) groups excluding carboxylic acids is 1. The molecule has 0 bridgehead atoms. The molecule has 1 amide bonds. The fraction of sp³-hybridized carbons (Fsp3) is 0.533. The van der Waals surface area contributed by atoms with E-state index in [2.05, 4.69) is 6.07 Å². The third kappa shape index (κ3) is 3.95. The van der Waals surface area contributed by atoms with Gasteiger partial charge in [-0.3, -0.25) is 4.79 Å². The molecule has 1 heterocycles. The van der Waals surface area contributed by atoms with E-state index < -0.39 is 0 Å². The van der Waals surface area contributed by atoms with Crippen molar-refractivity contribution in [2.45, 2.75) is 19.8 Å². The molecule has 1 aliphatic rings. The van der Waals surface area contributed by atoms with Crippen molar-refractivity contribution in [3.63, 3.8) is 0 Å². The van der Waals surface area contributed by atoms with Crippen LogP contribution in [-0.4, -0.2) is 37.1 Å². The number of benzene rings is 1. The SMILES string of the molecule is CCCOCC(=O)N1CC(Cc2ccccc2Cl)C1. The maximum Gasteiger partial charge on any atom is 0.248 e. The minimum Gasteiger partial charge on any atom is -0.372 e. The monoisotopic (exact) mass is 281 g/mol. The van der Waals surface area contributed by atoms with Crippen LogP contribution in [-0.2, 0) is 16.0 Å². The summed E-state index contributed by atoms with van der Waals surface area (Å²) in [6, 6.07) is 7.91. The minimum atomic E-state index is 0.101. The highest BCUT2D eigenvalue weighted by Crippen LogP contribution is 2.24. The zero-order valence-corrected chi connectivity index (χ0v) is 12.0. The van der Waals surface area contributed by atoms with Crippen LogP contribution in [0.1, 0.15) is 18.9 Å². The lowest BCUT2D eigenvalue weighted by atomic mass is 9.92. The van der Waals surface area contributed by atoms with Crippen LogP contribution >= 0.6 is 11.6 Å². The fourth-order valence-corrected chi connectivity index (χ4v) is 2.49. The van der Waals surface area contributed by atoms with Gasteiger partial charge in [0.1, 0.15) is 6.61 Å². The molecule has 1 aliphatic heterocycles. The summed E-state index contributed by atoms with van der Waals surface area (Å²) in [5, 5.41) is 0.818. The van der Waals surface area contributed by atoms with E-state index in [4.69, 9.17) is 16.3 Å². The van der Waals surface area contributed by atoms with Gasteiger partial charge in [0.2, 0.25) is 5.91 Å². The van der Waals surface area contributed by atoms with Crippen LogP contribution in [0.2, 0.25) is 5.02 Å². The van der Waals surface area contributed by atoms with Gasteiger partial charge in [0.15, 0.2) is 0 Å². The summed E-state index contributed by atoms with van der Waals surface area (Å²) in [7, 11) is 0. The Morgan fingerprint density at radius 3 is 2.84 bits per heavy atom. The standard InChI is InChI=1S/C15H20ClNO2/c1-2-7-19-11-15(18)17-9-12(10-17)8-13-5-3-4-6-14(13)16/h3-6,12H,2,7-11H2,1H3. The number of rotatable bonds is 6. The zero-order valence-electron chi connectivity index (χ0n) is 11.3. The quantitative estimate of drug-likeness (QED) is 0.751. The summed E-state index contributed by atoms with van der Waals surface area (Å²) >= 11 is 6.13. The number of halogens is 1. The summed E-state index contributed by atoms with van der Waals surface area (Å²) in [4.78, 5) is 13.6. The van der Waals surface area contributed by atoms with E-state index in [0.717, 1.165) is 31.0 Å². The average molecular weight is 282 g/mol. The molecule has 1 saturated heterocycles. The maximum atomic E-state index is 11.7. The molecule has 1 aromatic carbocycles. The highest BCUT2D eigenvalue weighted by molar-refractivity contribution is 6.31. The van der Waals surface area contributed by atoms with Crippen LogP contribution in [0.25, 0.3) is 0 Å². The van der Waals surface area contributed by atoms with E-state index in [9.17, 15) is 4.79 Å². The van der Waals surface area contributed by atoms with Crippen molar-refractivity contribution in [1.29, 1.82) is 0 Å². The van der Waals surface area contributed by atoms with Crippen molar-refractivity contribution in [1.82, 2.24) is 4.90 Å². The van der Waals surface area contributed by atoms with E-state index in [1.165, 1.54) is 5.56 Å². The van der Waals surface area contributed by atoms with Crippen LogP contribution in [0.15, 0.2) is 24.3 Å². The number of likely N-dealkylation sites (tertiary alicyclic amines) is 1. The third-order valence-corrected chi connectivity index (χ3v) is 3.72. The van der Waals surface area contributed by atoms with Gasteiger partial charge in [-0.2, -0.15) is 0 Å². The largest absolute Gasteiger partial charge is 0.372 e. The van der Waals surface area contributed by atoms with Crippen LogP contribution in [0.4, 0.5) is 0 Å². The molecule has 19 heavy (non-hydrogen) atoms. The summed E-state index contributed by atoms with van der Waals surface area (Å²) in [5.41, 5.74) is 1.17. The Morgan fingerprint density at radius 2 is 2.16 bits per heavy atom. The Balaban J connectivity index is 1.71. The van der Waals surface area contributed by atoms with Gasteiger partial charge in [-0.1, -0.05) is 36.7 Å². The van der Waals surface area contributed by atoms with Crippen LogP contribution in [0.5, 0.6) is 0 Å². The molecule has 4 heteroatoms. The molecule has 0 aliphatic carbocycles. The number of hydrogen-bond donors (Lipinski definition) is 0. The van der Waals surface area contributed by atoms with Gasteiger partial charge < -0.3 is 9.64 Å². The Kier molecular flexibility index (Phi) is 5.23. The van der Waals surface area contributed by atoms with Gasteiger partial charge in [0, 0.05) is 24.7 Å². The van der Waals surface area contributed by atoms with E-state index in [0.29, 0.717) is 12.5 Å². The minimum absolute atomic E-state index is 0.101. The van der Waals surface area contributed by atoms with Crippen molar-refractivity contribution < 1.29 is 9.53 Å². The van der Waals surface area contributed by atoms with E-state index in [1.54, 1.807) is 0 Å². The Bertz CT molecular complexity index is 430. The molecule has 2 rings (SSSR count). The van der Waals surface area contributed by atoms with Crippen molar-refractivity contribution in [3.8, 4) is 0 Å². The second kappa shape index (κ2) is 6.92. The predicted molar refractivity (Wildman–Crippen MR) is 76.3 cm³/mol. The first-order chi connectivity index (χ1) is 9.20. The summed E-state index contributed by atoms with van der Waals surface area (Å²) in [6.07, 6.45) is 1.89. The second-order valence-corrected chi connectivity index (χ2v) is 5.42. The molecule has 0 radical (unpaired) electrons. The topological polar surface area (TPSA) is 29.5 Å². The fourth-order valence-electron chi connectivity index (χ4n) is 2.27. The number of carbonyl (C=O) groups is 1. The second-order valence-electron chi connectivity index (χ2n) is 5.01. The summed E-state index contributed by atoms with van der Waals surface area (Å²) in [6.45, 7) is 4.54. The smallest absolute Gasteiger partial charge is 0.248 e. The molecule has 0 aromatic heterocycles. The van der Waals surface area contributed by atoms with Gasteiger partial charge >= 0.3 is 0 Å². The highest BCUT2D eigenvalue weighted by Gasteiger charge is 2.30. The van der Waals surface area contributed by atoms with Gasteiger partial charge in [0.25, 0.3) is 0 Å². The Hall–Kier alpha value is -1.06. The molecule has 0 spiro atoms. The zero-order chi connectivity index (χ0) is 13.7. The predicted octanol–water partition coefficient (Wildman–Crippen LogP) is 2.77. The maximum absolute atomic E-state index is 11.7. The third-order valence-electron chi connectivity index (χ3n) is 3.35. The van der Waals surface area contributed by atoms with Crippen molar-refractivity contribution in [2.24, 2.45) is 5.92 Å². The number of hydrogen-bond acceptors (Lipinski definition) is 2. The van der Waals surface area contributed by atoms with Crippen LogP contribution in [0, 0.1) is 5.92 Å². The molecular weight excluding hydrogens is 262 g/mol. The number of nitrogens with zero attached hydrogens (tertiary/aromatic N) is 1. The van der Waals surface area contributed by atoms with Crippen molar-refractivity contribution in [3.05, 3.63) is 34.9 Å². The van der Waals surface area contributed by atoms with Crippen LogP contribution in [0.3, 0.4) is 0 Å². The Labute approximate surface area is 119 Å². The summed E-state index contributed by atoms with van der Waals surface area (Å²) in [5.74, 6) is 0.624. The first-order valence-electron chi connectivity index (χ1n) is 6.79. The molecular formula is C15H20ClNO2. The molecule has 0 atom stereocenters. The summed E-state index contributed by atoms with van der Waals surface area (Å²) < 4.78 is 5.26. The van der Waals surface area contributed by atoms with Gasteiger partial charge in [-0.25, -0.2) is 0 Å². The molecule has 104 valence electrons. The molecule has 0 N–H and O–H groups in total. The molecule has 1 aromatic rings. The normalized spacial score (nSPS) is 15.4. The van der Waals surface area contributed by atoms with E-state index >= 15 is 0 Å². The number of ether oxygens (including phenoxy) is 1. The average Bonchev–Trinajstić information content (AvgIpc) is 2.35. The first-order valence-corrected chi connectivity index (χ1v) is 7.17. The molecule has 0 unspecified atom stereocenters. The van der Waals surface area contributed by atoms with E-state index in [-0.39, 0.29) is 12.5 Å². The van der Waals surface area contributed by atoms with Crippen molar-refractivity contribution in [2.75, 3.05) is 26.3 Å². The molecule has 0 saturated carbocycles. The van der Waals surface area contributed by atoms with E-state index in [1.807, 2.05) is 30.0 Å². The first kappa shape index (κ1) is 14.4. The Morgan fingerprint density at radius 1 is 1.42 bits per heavy atom. The molecule has 3 nitrogen and oxygen atoms in total. The lowest BCUT2D eigenvalue weighted by molar-refractivity contribution is -0.142. The van der Waals surface area contributed by atoms with Crippen LogP contribution < -0.4 is 0 Å².